The Morgan fingerprint density at radius 1 is 1.50 bits per heavy atom. The molecule has 0 radical (unpaired) electrons. The topological polar surface area (TPSA) is 35.5 Å². The molecule has 0 N–H and O–H groups in total. The second kappa shape index (κ2) is 7.74. The van der Waals surface area contributed by atoms with Gasteiger partial charge in [0.05, 0.1) is 25.8 Å². The largest absolute Gasteiger partial charge is 1.00 e. The van der Waals surface area contributed by atoms with Crippen LogP contribution in [0.3, 0.4) is 0 Å². The zero-order valence-corrected chi connectivity index (χ0v) is 15.8. The third-order valence-electron chi connectivity index (χ3n) is 3.13. The first-order valence-corrected chi connectivity index (χ1v) is 8.35. The molecule has 7 heteroatoms. The average molecular weight is 338 g/mol. The Kier molecular flexibility index (Phi) is 6.56. The number of fused-ring (bicyclic) bond motifs is 1. The number of thiophene rings is 1. The first-order chi connectivity index (χ1) is 9.25. The van der Waals surface area contributed by atoms with Gasteiger partial charge in [0.1, 0.15) is 0 Å². The van der Waals surface area contributed by atoms with Crippen LogP contribution in [0.5, 0.6) is 0 Å². The first kappa shape index (κ1) is 17.0. The van der Waals surface area contributed by atoms with Gasteiger partial charge in [-0.1, -0.05) is 0 Å². The van der Waals surface area contributed by atoms with Crippen LogP contribution in [-0.2, 0) is 16.1 Å². The van der Waals surface area contributed by atoms with Crippen LogP contribution in [0.25, 0.3) is 9.40 Å². The molecule has 104 valence electrons. The van der Waals surface area contributed by atoms with E-state index in [1.54, 1.807) is 0 Å². The Morgan fingerprint density at radius 3 is 3.10 bits per heavy atom. The van der Waals surface area contributed by atoms with Crippen LogP contribution >= 0.6 is 35.3 Å². The van der Waals surface area contributed by atoms with E-state index in [9.17, 15) is 4.79 Å². The van der Waals surface area contributed by atoms with Gasteiger partial charge in [-0.15, -0.1) is 35.3 Å². The molecule has 0 amide bonds. The number of thiol groups is 1. The van der Waals surface area contributed by atoms with Crippen molar-refractivity contribution in [2.24, 2.45) is 0 Å². The minimum Gasteiger partial charge on any atom is -1.00 e. The van der Waals surface area contributed by atoms with E-state index in [1.165, 1.54) is 22.7 Å². The van der Waals surface area contributed by atoms with E-state index in [2.05, 4.69) is 12.6 Å². The summed E-state index contributed by atoms with van der Waals surface area (Å²) >= 11 is 7.42. The molecule has 20 heavy (non-hydrogen) atoms. The van der Waals surface area contributed by atoms with Crippen LogP contribution in [0.4, 0.5) is 0 Å². The maximum absolute atomic E-state index is 12.3. The van der Waals surface area contributed by atoms with Gasteiger partial charge < -0.3 is 10.9 Å². The van der Waals surface area contributed by atoms with Crippen LogP contribution in [-0.4, -0.2) is 12.9 Å². The van der Waals surface area contributed by atoms with Gasteiger partial charge in [-0.3, -0.25) is 4.79 Å². The van der Waals surface area contributed by atoms with Crippen molar-refractivity contribution in [1.29, 1.82) is 0 Å². The van der Waals surface area contributed by atoms with Crippen LogP contribution in [0.15, 0.2) is 20.5 Å². The predicted molar refractivity (Wildman–Crippen MR) is 82.7 cm³/mol. The summed E-state index contributed by atoms with van der Waals surface area (Å²) < 4.78 is 13.7. The van der Waals surface area contributed by atoms with Crippen molar-refractivity contribution >= 4 is 44.7 Å². The molecular formula is C13H15NaO3S3. The van der Waals surface area contributed by atoms with Crippen molar-refractivity contribution < 1.29 is 40.5 Å². The number of hydrogen-bond donors (Lipinski definition) is 1. The molecule has 1 aliphatic rings. The molecule has 2 aromatic rings. The van der Waals surface area contributed by atoms with Crippen molar-refractivity contribution in [3.05, 3.63) is 27.2 Å². The third-order valence-corrected chi connectivity index (χ3v) is 5.71. The van der Waals surface area contributed by atoms with E-state index < -0.39 is 0 Å². The normalized spacial score (nSPS) is 18.9. The van der Waals surface area contributed by atoms with Gasteiger partial charge in [0.25, 0.3) is 0 Å². The van der Waals surface area contributed by atoms with Gasteiger partial charge in [-0.05, 0) is 30.7 Å². The molecule has 1 fully saturated rings. The Hall–Kier alpha value is 0.600. The first-order valence-electron chi connectivity index (χ1n) is 6.21. The van der Waals surface area contributed by atoms with Crippen molar-refractivity contribution in [2.75, 3.05) is 6.61 Å². The Labute approximate surface area is 154 Å². The van der Waals surface area contributed by atoms with E-state index in [1.807, 2.05) is 11.4 Å². The zero-order valence-electron chi connectivity index (χ0n) is 12.3. The van der Waals surface area contributed by atoms with Gasteiger partial charge >= 0.3 is 29.6 Å². The fourth-order valence-electron chi connectivity index (χ4n) is 2.09. The molecule has 1 aliphatic heterocycles. The van der Waals surface area contributed by atoms with Crippen LogP contribution in [0.2, 0.25) is 0 Å². The molecule has 0 aromatic carbocycles. The standard InChI is InChI=1S/C13H14O3S3.Na.H/c14-11-8(7-16-10-3-1-2-5-15-10)13(17)19-9-4-6-18-12(9)11;;/h4,6,10,17H,1-3,5,7H2;;/q;+1;-1. The van der Waals surface area contributed by atoms with Crippen molar-refractivity contribution in [3.63, 3.8) is 0 Å². The van der Waals surface area contributed by atoms with E-state index in [4.69, 9.17) is 9.47 Å². The molecule has 0 spiro atoms. The average Bonchev–Trinajstić information content (AvgIpc) is 2.88. The predicted octanol–water partition coefficient (Wildman–Crippen LogP) is 0.771. The smallest absolute Gasteiger partial charge is 1.00 e. The fourth-order valence-corrected chi connectivity index (χ4v) is 4.47. The van der Waals surface area contributed by atoms with E-state index in [0.29, 0.717) is 5.56 Å². The second-order valence-corrected chi connectivity index (χ2v) is 7.15. The minimum absolute atomic E-state index is 0. The summed E-state index contributed by atoms with van der Waals surface area (Å²) in [6, 6.07) is 1.96. The van der Waals surface area contributed by atoms with Crippen LogP contribution in [0.1, 0.15) is 26.3 Å². The maximum Gasteiger partial charge on any atom is 1.00 e. The van der Waals surface area contributed by atoms with Gasteiger partial charge in [0.15, 0.2) is 6.29 Å². The van der Waals surface area contributed by atoms with E-state index >= 15 is 0 Å². The fraction of sp³-hybridized carbons (Fsp3) is 0.462. The Morgan fingerprint density at radius 2 is 2.35 bits per heavy atom. The summed E-state index contributed by atoms with van der Waals surface area (Å²) in [5.74, 6) is 0. The summed E-state index contributed by atoms with van der Waals surface area (Å²) in [4.78, 5) is 12.3. The summed E-state index contributed by atoms with van der Waals surface area (Å²) in [5.41, 5.74) is 0.696. The minimum atomic E-state index is -0.176. The monoisotopic (exact) mass is 338 g/mol. The van der Waals surface area contributed by atoms with Gasteiger partial charge in [0, 0.05) is 6.61 Å². The molecule has 1 saturated heterocycles. The van der Waals surface area contributed by atoms with Crippen molar-refractivity contribution in [2.45, 2.75) is 36.4 Å². The quantitative estimate of drug-likeness (QED) is 0.663. The zero-order chi connectivity index (χ0) is 13.2. The molecule has 3 nitrogen and oxygen atoms in total. The van der Waals surface area contributed by atoms with E-state index in [0.717, 1.165) is 39.5 Å². The number of hydrogen-bond acceptors (Lipinski definition) is 6. The second-order valence-electron chi connectivity index (χ2n) is 4.44. The molecule has 2 aromatic heterocycles. The summed E-state index contributed by atoms with van der Waals surface area (Å²) in [7, 11) is 0. The van der Waals surface area contributed by atoms with Crippen LogP contribution < -0.4 is 35.0 Å². The SMILES string of the molecule is O=c1c(COC2CCCCO2)c(S)sc2ccsc12.[H-].[Na+]. The molecule has 0 aliphatic carbocycles. The molecule has 0 saturated carbocycles. The molecule has 0 bridgehead atoms. The summed E-state index contributed by atoms with van der Waals surface area (Å²) in [5, 5.41) is 1.94. The molecule has 3 heterocycles. The van der Waals surface area contributed by atoms with Crippen molar-refractivity contribution in [1.82, 2.24) is 0 Å². The molecule has 1 atom stereocenters. The van der Waals surface area contributed by atoms with Crippen LogP contribution in [0, 0.1) is 0 Å². The van der Waals surface area contributed by atoms with Crippen molar-refractivity contribution in [3.8, 4) is 0 Å². The summed E-state index contributed by atoms with van der Waals surface area (Å²) in [6.07, 6.45) is 2.94. The molecule has 3 rings (SSSR count). The number of rotatable bonds is 3. The Bertz CT molecular complexity index is 637. The maximum atomic E-state index is 12.3. The molecule has 1 unspecified atom stereocenters. The van der Waals surface area contributed by atoms with E-state index in [-0.39, 0.29) is 49.3 Å². The Balaban J connectivity index is 0.00000110. The van der Waals surface area contributed by atoms with Gasteiger partial charge in [-0.25, -0.2) is 0 Å². The number of ether oxygens (including phenoxy) is 2. The van der Waals surface area contributed by atoms with Gasteiger partial charge in [0.2, 0.25) is 5.43 Å². The third kappa shape index (κ3) is 3.67. The summed E-state index contributed by atoms with van der Waals surface area (Å²) in [6.45, 7) is 1.03. The molecular weight excluding hydrogens is 323 g/mol. The van der Waals surface area contributed by atoms with Gasteiger partial charge in [-0.2, -0.15) is 0 Å².